The normalized spacial score (nSPS) is 12.0. The first-order valence-electron chi connectivity index (χ1n) is 4.71. The molecule has 0 saturated carbocycles. The first-order valence-corrected chi connectivity index (χ1v) is 6.68. The van der Waals surface area contributed by atoms with Crippen LogP contribution in [-0.4, -0.2) is 5.75 Å². The van der Waals surface area contributed by atoms with E-state index < -0.39 is 0 Å². The van der Waals surface area contributed by atoms with Gasteiger partial charge in [-0.25, -0.2) is 0 Å². The van der Waals surface area contributed by atoms with Crippen LogP contribution in [0.25, 0.3) is 0 Å². The molecule has 2 heteroatoms. The largest absolute Gasteiger partial charge is 0.157 e. The predicted octanol–water partition coefficient (Wildman–Crippen LogP) is 4.30. The highest BCUT2D eigenvalue weighted by Crippen LogP contribution is 2.30. The van der Waals surface area contributed by atoms with Crippen LogP contribution < -0.4 is 0 Å². The highest BCUT2D eigenvalue weighted by atomic mass is 32.2. The molecule has 1 aromatic heterocycles. The van der Waals surface area contributed by atoms with Gasteiger partial charge in [0.2, 0.25) is 0 Å². The van der Waals surface area contributed by atoms with E-state index in [-0.39, 0.29) is 0 Å². The van der Waals surface area contributed by atoms with Crippen LogP contribution in [0.2, 0.25) is 0 Å². The van der Waals surface area contributed by atoms with E-state index in [1.54, 1.807) is 0 Å². The first kappa shape index (κ1) is 11.1. The maximum absolute atomic E-state index is 2.27. The Morgan fingerprint density at radius 2 is 2.00 bits per heavy atom. The molecule has 0 radical (unpaired) electrons. The van der Waals surface area contributed by atoms with E-state index in [1.165, 1.54) is 21.3 Å². The summed E-state index contributed by atoms with van der Waals surface area (Å²) in [6.45, 7) is 9.03. The minimum Gasteiger partial charge on any atom is -0.157 e. The van der Waals surface area contributed by atoms with Crippen LogP contribution >= 0.6 is 23.1 Å². The van der Waals surface area contributed by atoms with Gasteiger partial charge in [0.25, 0.3) is 0 Å². The summed E-state index contributed by atoms with van der Waals surface area (Å²) >= 11 is 3.95. The van der Waals surface area contributed by atoms with Gasteiger partial charge in [0.1, 0.15) is 0 Å². The first-order chi connectivity index (χ1) is 6.04. The molecular weight excluding hydrogens is 196 g/mol. The van der Waals surface area contributed by atoms with Crippen molar-refractivity contribution in [2.45, 2.75) is 38.9 Å². The van der Waals surface area contributed by atoms with Gasteiger partial charge in [-0.2, -0.15) is 11.8 Å². The Morgan fingerprint density at radius 3 is 2.46 bits per heavy atom. The average molecular weight is 214 g/mol. The zero-order valence-corrected chi connectivity index (χ0v) is 10.5. The molecule has 0 aliphatic carbocycles. The maximum atomic E-state index is 2.27. The Balaban J connectivity index is 2.64. The highest BCUT2D eigenvalue weighted by molar-refractivity contribution is 7.98. The third-order valence-corrected chi connectivity index (χ3v) is 4.47. The molecule has 0 nitrogen and oxygen atoms in total. The Labute approximate surface area is 89.7 Å². The summed E-state index contributed by atoms with van der Waals surface area (Å²) in [5, 5.41) is 0. The van der Waals surface area contributed by atoms with Gasteiger partial charge in [0, 0.05) is 15.5 Å². The average Bonchev–Trinajstić information content (AvgIpc) is 2.47. The highest BCUT2D eigenvalue weighted by Gasteiger charge is 2.15. The van der Waals surface area contributed by atoms with E-state index in [0.29, 0.717) is 5.41 Å². The SMILES string of the molecule is CCSCc1ccc(C(C)(C)C)s1. The number of thioether (sulfide) groups is 1. The fourth-order valence-electron chi connectivity index (χ4n) is 1.06. The molecule has 0 saturated heterocycles. The van der Waals surface area contributed by atoms with Crippen molar-refractivity contribution < 1.29 is 0 Å². The Bertz CT molecular complexity index is 255. The molecule has 13 heavy (non-hydrogen) atoms. The van der Waals surface area contributed by atoms with Gasteiger partial charge in [-0.3, -0.25) is 0 Å². The molecule has 0 amide bonds. The summed E-state index contributed by atoms with van der Waals surface area (Å²) in [4.78, 5) is 3.01. The lowest BCUT2D eigenvalue weighted by atomic mass is 9.95. The molecule has 74 valence electrons. The summed E-state index contributed by atoms with van der Waals surface area (Å²) in [7, 11) is 0. The van der Waals surface area contributed by atoms with Crippen molar-refractivity contribution in [3.05, 3.63) is 21.9 Å². The van der Waals surface area contributed by atoms with Crippen LogP contribution in [-0.2, 0) is 11.2 Å². The molecule has 0 aromatic carbocycles. The number of hydrogen-bond acceptors (Lipinski definition) is 2. The van der Waals surface area contributed by atoms with E-state index in [4.69, 9.17) is 0 Å². The maximum Gasteiger partial charge on any atom is 0.0278 e. The molecule has 0 N–H and O–H groups in total. The summed E-state index contributed by atoms with van der Waals surface area (Å²) in [6.07, 6.45) is 0. The molecule has 0 spiro atoms. The molecule has 1 aromatic rings. The molecular formula is C11H18S2. The second-order valence-corrected chi connectivity index (χ2v) is 6.60. The standard InChI is InChI=1S/C11H18S2/c1-5-12-8-9-6-7-10(13-9)11(2,3)4/h6-7H,5,8H2,1-4H3. The predicted molar refractivity (Wildman–Crippen MR) is 64.9 cm³/mol. The van der Waals surface area contributed by atoms with Gasteiger partial charge in [-0.15, -0.1) is 11.3 Å². The zero-order valence-electron chi connectivity index (χ0n) is 8.89. The van der Waals surface area contributed by atoms with Crippen LogP contribution in [0.4, 0.5) is 0 Å². The zero-order chi connectivity index (χ0) is 9.90. The second-order valence-electron chi connectivity index (χ2n) is 4.15. The fraction of sp³-hybridized carbons (Fsp3) is 0.636. The molecule has 0 aliphatic heterocycles. The van der Waals surface area contributed by atoms with Gasteiger partial charge in [0.05, 0.1) is 0 Å². The van der Waals surface area contributed by atoms with Crippen molar-refractivity contribution in [3.63, 3.8) is 0 Å². The van der Waals surface area contributed by atoms with Gasteiger partial charge < -0.3 is 0 Å². The lowest BCUT2D eigenvalue weighted by molar-refractivity contribution is 0.604. The van der Waals surface area contributed by atoms with Gasteiger partial charge in [0.15, 0.2) is 0 Å². The summed E-state index contributed by atoms with van der Waals surface area (Å²) in [6, 6.07) is 4.55. The van der Waals surface area contributed by atoms with Crippen LogP contribution in [0.5, 0.6) is 0 Å². The molecule has 0 atom stereocenters. The molecule has 0 fully saturated rings. The van der Waals surface area contributed by atoms with Crippen LogP contribution in [0.1, 0.15) is 37.4 Å². The molecule has 0 bridgehead atoms. The quantitative estimate of drug-likeness (QED) is 0.723. The number of thiophene rings is 1. The number of hydrogen-bond donors (Lipinski definition) is 0. The van der Waals surface area contributed by atoms with E-state index in [2.05, 4.69) is 39.8 Å². The van der Waals surface area contributed by atoms with Gasteiger partial charge in [-0.05, 0) is 23.3 Å². The second kappa shape index (κ2) is 4.52. The van der Waals surface area contributed by atoms with E-state index in [0.717, 1.165) is 0 Å². The van der Waals surface area contributed by atoms with E-state index >= 15 is 0 Å². The van der Waals surface area contributed by atoms with Crippen molar-refractivity contribution >= 4 is 23.1 Å². The summed E-state index contributed by atoms with van der Waals surface area (Å²) in [5.41, 5.74) is 0.319. The molecule has 0 unspecified atom stereocenters. The third-order valence-electron chi connectivity index (χ3n) is 1.85. The van der Waals surface area contributed by atoms with Crippen molar-refractivity contribution in [1.82, 2.24) is 0 Å². The third kappa shape index (κ3) is 3.35. The van der Waals surface area contributed by atoms with Crippen LogP contribution in [0.15, 0.2) is 12.1 Å². The molecule has 1 rings (SSSR count). The summed E-state index contributed by atoms with van der Waals surface area (Å²) < 4.78 is 0. The Kier molecular flexibility index (Phi) is 3.87. The van der Waals surface area contributed by atoms with Crippen LogP contribution in [0, 0.1) is 0 Å². The minimum absolute atomic E-state index is 0.319. The monoisotopic (exact) mass is 214 g/mol. The van der Waals surface area contributed by atoms with Gasteiger partial charge in [-0.1, -0.05) is 27.7 Å². The Hall–Kier alpha value is 0.0500. The van der Waals surface area contributed by atoms with Crippen molar-refractivity contribution in [2.24, 2.45) is 0 Å². The van der Waals surface area contributed by atoms with Crippen molar-refractivity contribution in [3.8, 4) is 0 Å². The molecule has 0 aliphatic rings. The Morgan fingerprint density at radius 1 is 1.31 bits per heavy atom. The van der Waals surface area contributed by atoms with E-state index in [9.17, 15) is 0 Å². The number of rotatable bonds is 3. The lowest BCUT2D eigenvalue weighted by Crippen LogP contribution is -2.07. The van der Waals surface area contributed by atoms with Gasteiger partial charge >= 0.3 is 0 Å². The van der Waals surface area contributed by atoms with Crippen molar-refractivity contribution in [1.29, 1.82) is 0 Å². The minimum atomic E-state index is 0.319. The smallest absolute Gasteiger partial charge is 0.0278 e. The van der Waals surface area contributed by atoms with E-state index in [1.807, 2.05) is 23.1 Å². The molecule has 1 heterocycles. The lowest BCUT2D eigenvalue weighted by Gasteiger charge is -2.15. The fourth-order valence-corrected chi connectivity index (χ4v) is 2.91. The van der Waals surface area contributed by atoms with Crippen LogP contribution in [0.3, 0.4) is 0 Å². The topological polar surface area (TPSA) is 0 Å². The summed E-state index contributed by atoms with van der Waals surface area (Å²) in [5.74, 6) is 2.39. The van der Waals surface area contributed by atoms with Crippen molar-refractivity contribution in [2.75, 3.05) is 5.75 Å².